The molecule has 0 bridgehead atoms. The molecule has 6 heteroatoms. The van der Waals surface area contributed by atoms with Crippen LogP contribution in [0, 0.1) is 5.82 Å². The molecule has 1 aromatic heterocycles. The summed E-state index contributed by atoms with van der Waals surface area (Å²) in [5.74, 6) is -0.189. The number of nitrogens with zero attached hydrogens (tertiary/aromatic N) is 1. The van der Waals surface area contributed by atoms with E-state index in [1.807, 2.05) is 24.3 Å². The number of thiophene rings is 1. The first-order valence-electron chi connectivity index (χ1n) is 6.81. The monoisotopic (exact) mass is 388 g/mol. The molecule has 2 nitrogen and oxygen atoms in total. The predicted octanol–water partition coefficient (Wildman–Crippen LogP) is 4.30. The molecular weight excluding hydrogens is 375 g/mol. The zero-order valence-corrected chi connectivity index (χ0v) is 14.4. The highest BCUT2D eigenvalue weighted by molar-refractivity contribution is 9.10. The molecule has 0 unspecified atom stereocenters. The van der Waals surface area contributed by atoms with E-state index in [4.69, 9.17) is 11.6 Å². The highest BCUT2D eigenvalue weighted by Gasteiger charge is 2.28. The maximum atomic E-state index is 14.6. The SMILES string of the molecule is Fc1c(Br)cccc1[C@H](c1ccc(Cl)s1)N1CCNCC1. The van der Waals surface area contributed by atoms with Crippen molar-refractivity contribution < 1.29 is 4.39 Å². The molecule has 1 aliphatic heterocycles. The lowest BCUT2D eigenvalue weighted by Crippen LogP contribution is -2.45. The molecule has 0 aliphatic carbocycles. The van der Waals surface area contributed by atoms with E-state index in [-0.39, 0.29) is 11.9 Å². The summed E-state index contributed by atoms with van der Waals surface area (Å²) in [7, 11) is 0. The average molecular weight is 390 g/mol. The number of benzene rings is 1. The summed E-state index contributed by atoms with van der Waals surface area (Å²) in [5.41, 5.74) is 0.699. The first-order chi connectivity index (χ1) is 10.2. The van der Waals surface area contributed by atoms with Gasteiger partial charge in [0.15, 0.2) is 0 Å². The summed E-state index contributed by atoms with van der Waals surface area (Å²) < 4.78 is 15.8. The van der Waals surface area contributed by atoms with Gasteiger partial charge in [-0.15, -0.1) is 11.3 Å². The standard InChI is InChI=1S/C15H15BrClFN2S/c16-11-3-1-2-10(14(11)18)15(12-4-5-13(17)21-12)20-8-6-19-7-9-20/h1-5,15,19H,6-9H2/t15-/m1/s1. The molecule has 1 N–H and O–H groups in total. The number of halogens is 3. The maximum Gasteiger partial charge on any atom is 0.142 e. The van der Waals surface area contributed by atoms with Crippen LogP contribution in [0.3, 0.4) is 0 Å². The summed E-state index contributed by atoms with van der Waals surface area (Å²) in [6, 6.07) is 9.27. The van der Waals surface area contributed by atoms with Crippen molar-refractivity contribution in [3.05, 3.63) is 55.4 Å². The number of hydrogen-bond donors (Lipinski definition) is 1. The fourth-order valence-corrected chi connectivity index (χ4v) is 4.27. The van der Waals surface area contributed by atoms with Gasteiger partial charge in [0.2, 0.25) is 0 Å². The quantitative estimate of drug-likeness (QED) is 0.842. The summed E-state index contributed by atoms with van der Waals surface area (Å²) in [5, 5.41) is 3.34. The van der Waals surface area contributed by atoms with E-state index >= 15 is 0 Å². The average Bonchev–Trinajstić information content (AvgIpc) is 2.91. The molecule has 21 heavy (non-hydrogen) atoms. The third-order valence-corrected chi connectivity index (χ3v) is 5.55. The second-order valence-corrected chi connectivity index (χ2v) is 7.57. The normalized spacial score (nSPS) is 17.9. The van der Waals surface area contributed by atoms with Crippen LogP contribution in [0.1, 0.15) is 16.5 Å². The molecule has 1 aliphatic rings. The lowest BCUT2D eigenvalue weighted by atomic mass is 10.0. The number of hydrogen-bond acceptors (Lipinski definition) is 3. The molecule has 1 fully saturated rings. The lowest BCUT2D eigenvalue weighted by Gasteiger charge is -2.35. The van der Waals surface area contributed by atoms with E-state index in [9.17, 15) is 4.39 Å². The lowest BCUT2D eigenvalue weighted by molar-refractivity contribution is 0.197. The molecular formula is C15H15BrClFN2S. The largest absolute Gasteiger partial charge is 0.314 e. The van der Waals surface area contributed by atoms with Crippen LogP contribution in [0.5, 0.6) is 0 Å². The van der Waals surface area contributed by atoms with Crippen LogP contribution >= 0.6 is 38.9 Å². The Kier molecular flexibility index (Phi) is 4.96. The molecule has 2 heterocycles. The molecule has 3 rings (SSSR count). The van der Waals surface area contributed by atoms with Crippen molar-refractivity contribution in [3.8, 4) is 0 Å². The first-order valence-corrected chi connectivity index (χ1v) is 8.79. The molecule has 0 spiro atoms. The van der Waals surface area contributed by atoms with Gasteiger partial charge in [-0.25, -0.2) is 4.39 Å². The third kappa shape index (κ3) is 3.32. The number of nitrogens with one attached hydrogen (secondary N) is 1. The van der Waals surface area contributed by atoms with Gasteiger partial charge in [-0.05, 0) is 34.1 Å². The van der Waals surface area contributed by atoms with E-state index < -0.39 is 0 Å². The molecule has 112 valence electrons. The van der Waals surface area contributed by atoms with Crippen molar-refractivity contribution in [2.24, 2.45) is 0 Å². The minimum Gasteiger partial charge on any atom is -0.314 e. The molecule has 2 aromatic rings. The van der Waals surface area contributed by atoms with Crippen LogP contribution in [0.2, 0.25) is 4.34 Å². The van der Waals surface area contributed by atoms with Gasteiger partial charge < -0.3 is 5.32 Å². The van der Waals surface area contributed by atoms with Gasteiger partial charge in [0, 0.05) is 36.6 Å². The maximum absolute atomic E-state index is 14.6. The second kappa shape index (κ2) is 6.75. The Labute approximate surface area is 141 Å². The Hall–Kier alpha value is -0.460. The van der Waals surface area contributed by atoms with Gasteiger partial charge in [-0.2, -0.15) is 0 Å². The summed E-state index contributed by atoms with van der Waals surface area (Å²) in [6.45, 7) is 3.63. The van der Waals surface area contributed by atoms with Crippen molar-refractivity contribution >= 4 is 38.9 Å². The van der Waals surface area contributed by atoms with Crippen molar-refractivity contribution in [2.45, 2.75) is 6.04 Å². The summed E-state index contributed by atoms with van der Waals surface area (Å²) >= 11 is 10.9. The van der Waals surface area contributed by atoms with Gasteiger partial charge in [0.05, 0.1) is 14.9 Å². The Morgan fingerprint density at radius 3 is 2.67 bits per heavy atom. The van der Waals surface area contributed by atoms with Gasteiger partial charge in [0.25, 0.3) is 0 Å². The Balaban J connectivity index is 2.04. The van der Waals surface area contributed by atoms with Crippen LogP contribution in [0.15, 0.2) is 34.8 Å². The van der Waals surface area contributed by atoms with E-state index in [1.165, 1.54) is 11.3 Å². The van der Waals surface area contributed by atoms with Crippen LogP contribution in [-0.2, 0) is 0 Å². The van der Waals surface area contributed by atoms with Gasteiger partial charge >= 0.3 is 0 Å². The molecule has 1 aromatic carbocycles. The van der Waals surface area contributed by atoms with Crippen LogP contribution in [0.25, 0.3) is 0 Å². The number of piperazine rings is 1. The highest BCUT2D eigenvalue weighted by Crippen LogP contribution is 2.37. The van der Waals surface area contributed by atoms with Crippen LogP contribution in [-0.4, -0.2) is 31.1 Å². The van der Waals surface area contributed by atoms with Crippen molar-refractivity contribution in [1.29, 1.82) is 0 Å². The van der Waals surface area contributed by atoms with E-state index in [0.29, 0.717) is 10.0 Å². The van der Waals surface area contributed by atoms with Crippen molar-refractivity contribution in [1.82, 2.24) is 10.2 Å². The Bertz CT molecular complexity index is 628. The van der Waals surface area contributed by atoms with Crippen LogP contribution in [0.4, 0.5) is 4.39 Å². The fraction of sp³-hybridized carbons (Fsp3) is 0.333. The topological polar surface area (TPSA) is 15.3 Å². The minimum atomic E-state index is -0.189. The van der Waals surface area contributed by atoms with Gasteiger partial charge in [-0.1, -0.05) is 23.7 Å². The summed E-state index contributed by atoms with van der Waals surface area (Å²) in [4.78, 5) is 3.39. The number of rotatable bonds is 3. The minimum absolute atomic E-state index is 0.0814. The molecule has 1 atom stereocenters. The van der Waals surface area contributed by atoms with Crippen molar-refractivity contribution in [3.63, 3.8) is 0 Å². The van der Waals surface area contributed by atoms with Crippen molar-refractivity contribution in [2.75, 3.05) is 26.2 Å². The predicted molar refractivity (Wildman–Crippen MR) is 89.7 cm³/mol. The third-order valence-electron chi connectivity index (χ3n) is 3.66. The molecule has 0 saturated carbocycles. The van der Waals surface area contributed by atoms with Gasteiger partial charge in [-0.3, -0.25) is 4.90 Å². The highest BCUT2D eigenvalue weighted by atomic mass is 79.9. The Morgan fingerprint density at radius 1 is 1.24 bits per heavy atom. The first kappa shape index (κ1) is 15.4. The second-order valence-electron chi connectivity index (χ2n) is 4.97. The fourth-order valence-electron chi connectivity index (χ4n) is 2.68. The molecule has 1 saturated heterocycles. The van der Waals surface area contributed by atoms with E-state index in [2.05, 4.69) is 26.1 Å². The zero-order chi connectivity index (χ0) is 14.8. The smallest absolute Gasteiger partial charge is 0.142 e. The van der Waals surface area contributed by atoms with E-state index in [1.54, 1.807) is 6.07 Å². The molecule has 0 amide bonds. The summed E-state index contributed by atoms with van der Waals surface area (Å²) in [6.07, 6.45) is 0. The Morgan fingerprint density at radius 2 is 2.00 bits per heavy atom. The molecule has 0 radical (unpaired) electrons. The van der Waals surface area contributed by atoms with Crippen LogP contribution < -0.4 is 5.32 Å². The van der Waals surface area contributed by atoms with E-state index in [0.717, 1.165) is 35.4 Å². The zero-order valence-electron chi connectivity index (χ0n) is 11.3. The van der Waals surface area contributed by atoms with Gasteiger partial charge in [0.1, 0.15) is 5.82 Å².